The van der Waals surface area contributed by atoms with Crippen LogP contribution in [0.1, 0.15) is 42.4 Å². The maximum Gasteiger partial charge on any atom is 0.418 e. The van der Waals surface area contributed by atoms with E-state index in [1.165, 1.54) is 12.3 Å². The number of carbonyl (C=O) groups is 2. The second kappa shape index (κ2) is 6.74. The van der Waals surface area contributed by atoms with Gasteiger partial charge in [-0.2, -0.15) is 9.37 Å². The van der Waals surface area contributed by atoms with E-state index in [0.29, 0.717) is 17.5 Å². The quantitative estimate of drug-likeness (QED) is 0.686. The zero-order valence-corrected chi connectivity index (χ0v) is 13.9. The van der Waals surface area contributed by atoms with Gasteiger partial charge in [-0.25, -0.2) is 4.79 Å². The van der Waals surface area contributed by atoms with Gasteiger partial charge >= 0.3 is 6.09 Å². The topological polar surface area (TPSA) is 81.2 Å². The maximum atomic E-state index is 13.8. The van der Waals surface area contributed by atoms with Crippen molar-refractivity contribution in [3.8, 4) is 5.88 Å². The molecule has 0 aliphatic heterocycles. The SMILES string of the molecule is Cc1ccc(NC(=O)Oc2nc(F)c(C=O)cc2C(C)(C)C)cn1. The van der Waals surface area contributed by atoms with E-state index in [1.54, 1.807) is 12.1 Å². The molecule has 126 valence electrons. The lowest BCUT2D eigenvalue weighted by Gasteiger charge is -2.21. The smallest absolute Gasteiger partial charge is 0.391 e. The van der Waals surface area contributed by atoms with Crippen molar-refractivity contribution < 1.29 is 18.7 Å². The molecule has 0 atom stereocenters. The van der Waals surface area contributed by atoms with E-state index in [1.807, 2.05) is 27.7 Å². The van der Waals surface area contributed by atoms with E-state index in [4.69, 9.17) is 4.74 Å². The molecule has 0 saturated heterocycles. The minimum Gasteiger partial charge on any atom is -0.391 e. The van der Waals surface area contributed by atoms with Crippen molar-refractivity contribution in [3.63, 3.8) is 0 Å². The number of hydrogen-bond acceptors (Lipinski definition) is 5. The highest BCUT2D eigenvalue weighted by Gasteiger charge is 2.24. The number of amides is 1. The molecule has 1 amide bonds. The highest BCUT2D eigenvalue weighted by molar-refractivity contribution is 5.86. The molecule has 0 aliphatic rings. The average Bonchev–Trinajstić information content (AvgIpc) is 2.48. The van der Waals surface area contributed by atoms with Crippen LogP contribution in [0.3, 0.4) is 0 Å². The third kappa shape index (κ3) is 4.13. The summed E-state index contributed by atoms with van der Waals surface area (Å²) in [6.45, 7) is 7.33. The van der Waals surface area contributed by atoms with Crippen LogP contribution in [0.4, 0.5) is 14.9 Å². The Hall–Kier alpha value is -2.83. The third-order valence-electron chi connectivity index (χ3n) is 3.25. The molecule has 0 radical (unpaired) electrons. The molecule has 0 unspecified atom stereocenters. The lowest BCUT2D eigenvalue weighted by atomic mass is 9.87. The molecule has 2 aromatic rings. The highest BCUT2D eigenvalue weighted by Crippen LogP contribution is 2.31. The number of aldehydes is 1. The fourth-order valence-electron chi connectivity index (χ4n) is 1.96. The first-order valence-corrected chi connectivity index (χ1v) is 7.28. The van der Waals surface area contributed by atoms with Gasteiger partial charge in [0.2, 0.25) is 11.8 Å². The van der Waals surface area contributed by atoms with Crippen molar-refractivity contribution in [3.05, 3.63) is 47.2 Å². The molecule has 0 aromatic carbocycles. The van der Waals surface area contributed by atoms with E-state index in [-0.39, 0.29) is 11.4 Å². The Morgan fingerprint density at radius 3 is 2.58 bits per heavy atom. The van der Waals surface area contributed by atoms with Gasteiger partial charge in [-0.15, -0.1) is 0 Å². The van der Waals surface area contributed by atoms with Crippen LogP contribution in [0.5, 0.6) is 5.88 Å². The average molecular weight is 331 g/mol. The van der Waals surface area contributed by atoms with Crippen LogP contribution in [0.15, 0.2) is 24.4 Å². The van der Waals surface area contributed by atoms with Gasteiger partial charge in [0.15, 0.2) is 6.29 Å². The number of carbonyl (C=O) groups excluding carboxylic acids is 2. The van der Waals surface area contributed by atoms with Crippen LogP contribution in [0, 0.1) is 12.9 Å². The molecule has 2 rings (SSSR count). The molecule has 0 fully saturated rings. The first kappa shape index (κ1) is 17.5. The number of aromatic nitrogens is 2. The van der Waals surface area contributed by atoms with E-state index < -0.39 is 17.5 Å². The minimum absolute atomic E-state index is 0.178. The summed E-state index contributed by atoms with van der Waals surface area (Å²) >= 11 is 0. The summed E-state index contributed by atoms with van der Waals surface area (Å²) in [5.41, 5.74) is 1.00. The van der Waals surface area contributed by atoms with Gasteiger partial charge in [0.1, 0.15) is 0 Å². The molecule has 0 saturated carbocycles. The molecule has 6 nitrogen and oxygen atoms in total. The minimum atomic E-state index is -0.988. The molecule has 1 N–H and O–H groups in total. The Morgan fingerprint density at radius 2 is 2.04 bits per heavy atom. The van der Waals surface area contributed by atoms with E-state index in [9.17, 15) is 14.0 Å². The van der Waals surface area contributed by atoms with Crippen molar-refractivity contribution in [2.75, 3.05) is 5.32 Å². The Balaban J connectivity index is 2.27. The lowest BCUT2D eigenvalue weighted by Crippen LogP contribution is -2.22. The van der Waals surface area contributed by atoms with Crippen molar-refractivity contribution in [2.24, 2.45) is 0 Å². The molecule has 0 bridgehead atoms. The predicted molar refractivity (Wildman–Crippen MR) is 86.9 cm³/mol. The van der Waals surface area contributed by atoms with Gasteiger partial charge < -0.3 is 4.74 Å². The number of nitrogens with zero attached hydrogens (tertiary/aromatic N) is 2. The Kier molecular flexibility index (Phi) is 4.92. The molecule has 7 heteroatoms. The number of halogens is 1. The second-order valence-electron chi connectivity index (χ2n) is 6.29. The van der Waals surface area contributed by atoms with Crippen LogP contribution >= 0.6 is 0 Å². The van der Waals surface area contributed by atoms with Crippen molar-refractivity contribution in [1.29, 1.82) is 0 Å². The standard InChI is InChI=1S/C17H18FN3O3/c1-10-5-6-12(8-19-10)20-16(23)24-15-13(17(2,3)4)7-11(9-22)14(18)21-15/h5-9H,1-4H3,(H,20,23). The summed E-state index contributed by atoms with van der Waals surface area (Å²) in [6, 6.07) is 4.73. The molecule has 24 heavy (non-hydrogen) atoms. The summed E-state index contributed by atoms with van der Waals surface area (Å²) in [5.74, 6) is -1.17. The summed E-state index contributed by atoms with van der Waals surface area (Å²) < 4.78 is 18.9. The fourth-order valence-corrected chi connectivity index (χ4v) is 1.96. The number of rotatable bonds is 3. The van der Waals surface area contributed by atoms with Gasteiger partial charge in [0, 0.05) is 11.3 Å². The third-order valence-corrected chi connectivity index (χ3v) is 3.25. The number of ether oxygens (including phenoxy) is 1. The highest BCUT2D eigenvalue weighted by atomic mass is 19.1. The number of pyridine rings is 2. The van der Waals surface area contributed by atoms with Gasteiger partial charge in [0.25, 0.3) is 0 Å². The molecule has 2 aromatic heterocycles. The van der Waals surface area contributed by atoms with Crippen molar-refractivity contribution in [2.45, 2.75) is 33.1 Å². The number of aryl methyl sites for hydroxylation is 1. The number of anilines is 1. The van der Waals surface area contributed by atoms with E-state index >= 15 is 0 Å². The number of hydrogen-bond donors (Lipinski definition) is 1. The van der Waals surface area contributed by atoms with Gasteiger partial charge in [-0.05, 0) is 30.5 Å². The summed E-state index contributed by atoms with van der Waals surface area (Å²) in [7, 11) is 0. The van der Waals surface area contributed by atoms with Crippen molar-refractivity contribution in [1.82, 2.24) is 9.97 Å². The maximum absolute atomic E-state index is 13.8. The van der Waals surface area contributed by atoms with Crippen LogP contribution in [-0.4, -0.2) is 22.3 Å². The Morgan fingerprint density at radius 1 is 1.33 bits per heavy atom. The molecule has 2 heterocycles. The van der Waals surface area contributed by atoms with Gasteiger partial charge in [-0.1, -0.05) is 20.8 Å². The van der Waals surface area contributed by atoms with Gasteiger partial charge in [-0.3, -0.25) is 15.1 Å². The monoisotopic (exact) mass is 331 g/mol. The molecular formula is C17H18FN3O3. The zero-order valence-electron chi connectivity index (χ0n) is 13.9. The van der Waals surface area contributed by atoms with Crippen LogP contribution in [0.25, 0.3) is 0 Å². The molecular weight excluding hydrogens is 313 g/mol. The van der Waals surface area contributed by atoms with E-state index in [2.05, 4.69) is 15.3 Å². The number of nitrogens with one attached hydrogen (secondary N) is 1. The van der Waals surface area contributed by atoms with Crippen LogP contribution in [0.2, 0.25) is 0 Å². The van der Waals surface area contributed by atoms with Crippen LogP contribution < -0.4 is 10.1 Å². The summed E-state index contributed by atoms with van der Waals surface area (Å²) in [4.78, 5) is 30.6. The summed E-state index contributed by atoms with van der Waals surface area (Å²) in [6.07, 6.45) is 1.03. The summed E-state index contributed by atoms with van der Waals surface area (Å²) in [5, 5.41) is 2.49. The zero-order chi connectivity index (χ0) is 17.9. The van der Waals surface area contributed by atoms with Gasteiger partial charge in [0.05, 0.1) is 17.4 Å². The lowest BCUT2D eigenvalue weighted by molar-refractivity contribution is 0.111. The first-order valence-electron chi connectivity index (χ1n) is 7.28. The second-order valence-corrected chi connectivity index (χ2v) is 6.29. The van der Waals surface area contributed by atoms with Crippen molar-refractivity contribution >= 4 is 18.1 Å². The first-order chi connectivity index (χ1) is 11.2. The molecule has 0 spiro atoms. The normalized spacial score (nSPS) is 11.0. The fraction of sp³-hybridized carbons (Fsp3) is 0.294. The Labute approximate surface area is 139 Å². The van der Waals surface area contributed by atoms with Crippen LogP contribution in [-0.2, 0) is 5.41 Å². The Bertz CT molecular complexity index is 768. The predicted octanol–water partition coefficient (Wildman–Crippen LogP) is 3.65. The molecule has 0 aliphatic carbocycles. The van der Waals surface area contributed by atoms with E-state index in [0.717, 1.165) is 5.69 Å². The largest absolute Gasteiger partial charge is 0.418 e.